The average Bonchev–Trinajstić information content (AvgIpc) is 3.01. The van der Waals surface area contributed by atoms with Crippen molar-refractivity contribution in [3.05, 3.63) is 53.2 Å². The predicted molar refractivity (Wildman–Crippen MR) is 102 cm³/mol. The van der Waals surface area contributed by atoms with Crippen LogP contribution in [0.15, 0.2) is 42.5 Å². The van der Waals surface area contributed by atoms with E-state index in [2.05, 4.69) is 25.1 Å². The van der Waals surface area contributed by atoms with Crippen molar-refractivity contribution >= 4 is 33.8 Å². The van der Waals surface area contributed by atoms with E-state index in [1.807, 2.05) is 12.1 Å². The van der Waals surface area contributed by atoms with E-state index < -0.39 is 0 Å². The maximum Gasteiger partial charge on any atom is 0.151 e. The van der Waals surface area contributed by atoms with Crippen LogP contribution in [0.1, 0.15) is 31.1 Å². The third-order valence-corrected chi connectivity index (χ3v) is 5.51. The molecule has 122 valence electrons. The lowest BCUT2D eigenvalue weighted by atomic mass is 10.1. The molecule has 0 atom stereocenters. The van der Waals surface area contributed by atoms with Crippen molar-refractivity contribution in [3.63, 3.8) is 0 Å². The summed E-state index contributed by atoms with van der Waals surface area (Å²) in [7, 11) is 0. The lowest BCUT2D eigenvalue weighted by Gasteiger charge is -2.05. The van der Waals surface area contributed by atoms with Crippen molar-refractivity contribution in [2.75, 3.05) is 5.75 Å². The van der Waals surface area contributed by atoms with Crippen LogP contribution in [0, 0.1) is 11.2 Å². The number of hydrogen-bond donors (Lipinski definition) is 2. The number of thioether (sulfide) groups is 1. The van der Waals surface area contributed by atoms with Crippen LogP contribution in [0.25, 0.3) is 16.0 Å². The molecule has 0 bridgehead atoms. The van der Waals surface area contributed by atoms with Crippen LogP contribution in [-0.4, -0.2) is 10.9 Å². The van der Waals surface area contributed by atoms with Gasteiger partial charge in [0.2, 0.25) is 0 Å². The number of thiophene rings is 1. The summed E-state index contributed by atoms with van der Waals surface area (Å²) in [6, 6.07) is 10.9. The van der Waals surface area contributed by atoms with Crippen molar-refractivity contribution in [1.82, 2.24) is 0 Å². The molecule has 1 heterocycles. The molecule has 0 unspecified atom stereocenters. The van der Waals surface area contributed by atoms with E-state index in [1.165, 1.54) is 34.3 Å². The summed E-state index contributed by atoms with van der Waals surface area (Å²) < 4.78 is 13.0. The number of nitrogens with one attached hydrogen (secondary N) is 1. The zero-order valence-electron chi connectivity index (χ0n) is 13.1. The molecule has 0 spiro atoms. The van der Waals surface area contributed by atoms with Gasteiger partial charge in [0.15, 0.2) is 5.17 Å². The first kappa shape index (κ1) is 17.8. The molecule has 0 saturated carbocycles. The molecule has 0 amide bonds. The molecule has 0 aliphatic rings. The number of amidine groups is 1. The lowest BCUT2D eigenvalue weighted by molar-refractivity contribution is 0.628. The number of halogens is 1. The molecule has 0 aliphatic heterocycles. The van der Waals surface area contributed by atoms with Crippen LogP contribution < -0.4 is 5.73 Å². The first-order valence-electron chi connectivity index (χ1n) is 7.58. The zero-order chi connectivity index (χ0) is 16.7. The number of unbranched alkanes of at least 4 members (excludes halogenated alkanes) is 1. The Morgan fingerprint density at radius 1 is 1.22 bits per heavy atom. The number of allylic oxidation sites excluding steroid dienone is 2. The van der Waals surface area contributed by atoms with Crippen molar-refractivity contribution in [1.29, 1.82) is 5.41 Å². The van der Waals surface area contributed by atoms with Gasteiger partial charge in [0, 0.05) is 15.5 Å². The minimum atomic E-state index is -0.205. The third kappa shape index (κ3) is 5.52. The Morgan fingerprint density at radius 2 is 1.96 bits per heavy atom. The van der Waals surface area contributed by atoms with Crippen LogP contribution in [-0.2, 0) is 0 Å². The molecule has 2 aromatic rings. The highest BCUT2D eigenvalue weighted by Crippen LogP contribution is 2.34. The highest BCUT2D eigenvalue weighted by molar-refractivity contribution is 8.13. The van der Waals surface area contributed by atoms with Crippen LogP contribution >= 0.6 is 23.1 Å². The van der Waals surface area contributed by atoms with Crippen molar-refractivity contribution in [3.8, 4) is 10.4 Å². The summed E-state index contributed by atoms with van der Waals surface area (Å²) in [4.78, 5) is 2.43. The molecular weight excluding hydrogens is 327 g/mol. The number of hydrogen-bond acceptors (Lipinski definition) is 3. The second-order valence-electron chi connectivity index (χ2n) is 5.15. The Balaban J connectivity index is 1.94. The maximum absolute atomic E-state index is 13.0. The highest BCUT2D eigenvalue weighted by atomic mass is 32.2. The largest absolute Gasteiger partial charge is 0.379 e. The Labute approximate surface area is 145 Å². The highest BCUT2D eigenvalue weighted by Gasteiger charge is 2.07. The molecule has 0 aliphatic carbocycles. The molecule has 23 heavy (non-hydrogen) atoms. The fourth-order valence-corrected chi connectivity index (χ4v) is 3.97. The second kappa shape index (κ2) is 8.89. The quantitative estimate of drug-likeness (QED) is 0.380. The van der Waals surface area contributed by atoms with E-state index in [9.17, 15) is 4.39 Å². The van der Waals surface area contributed by atoms with Gasteiger partial charge in [-0.2, -0.15) is 0 Å². The fourth-order valence-electron chi connectivity index (χ4n) is 2.29. The molecule has 5 heteroatoms. The Kier molecular flexibility index (Phi) is 6.86. The second-order valence-corrected chi connectivity index (χ2v) is 7.38. The van der Waals surface area contributed by atoms with Gasteiger partial charge in [0.1, 0.15) is 5.82 Å². The van der Waals surface area contributed by atoms with Crippen molar-refractivity contribution in [2.24, 2.45) is 5.73 Å². The Bertz CT molecular complexity index is 675. The molecule has 0 saturated heterocycles. The van der Waals surface area contributed by atoms with Crippen molar-refractivity contribution < 1.29 is 4.39 Å². The van der Waals surface area contributed by atoms with Gasteiger partial charge in [-0.1, -0.05) is 30.0 Å². The van der Waals surface area contributed by atoms with E-state index in [1.54, 1.807) is 11.3 Å². The zero-order valence-corrected chi connectivity index (χ0v) is 14.8. The first-order valence-corrected chi connectivity index (χ1v) is 9.38. The molecule has 1 aromatic heterocycles. The topological polar surface area (TPSA) is 49.9 Å². The third-order valence-electron chi connectivity index (χ3n) is 3.50. The van der Waals surface area contributed by atoms with Crippen LogP contribution in [0.4, 0.5) is 4.39 Å². The molecule has 0 radical (unpaired) electrons. The van der Waals surface area contributed by atoms with E-state index >= 15 is 0 Å². The summed E-state index contributed by atoms with van der Waals surface area (Å²) >= 11 is 3.15. The molecule has 1 aromatic carbocycles. The van der Waals surface area contributed by atoms with Gasteiger partial charge < -0.3 is 5.73 Å². The number of nitrogens with two attached hydrogens (primary N) is 1. The maximum atomic E-state index is 13.0. The first-order chi connectivity index (χ1) is 11.1. The minimum Gasteiger partial charge on any atom is -0.379 e. The summed E-state index contributed by atoms with van der Waals surface area (Å²) in [5.74, 6) is 0.695. The molecule has 2 rings (SSSR count). The summed E-state index contributed by atoms with van der Waals surface area (Å²) in [5, 5.41) is 7.38. The van der Waals surface area contributed by atoms with Gasteiger partial charge in [0.25, 0.3) is 0 Å². The van der Waals surface area contributed by atoms with Crippen molar-refractivity contribution in [2.45, 2.75) is 26.2 Å². The lowest BCUT2D eigenvalue weighted by Crippen LogP contribution is -2.04. The van der Waals surface area contributed by atoms with Crippen LogP contribution in [0.5, 0.6) is 0 Å². The van der Waals surface area contributed by atoms with Gasteiger partial charge >= 0.3 is 0 Å². The molecule has 3 N–H and O–H groups in total. The normalized spacial score (nSPS) is 11.7. The van der Waals surface area contributed by atoms with Gasteiger partial charge in [-0.05, 0) is 61.6 Å². The van der Waals surface area contributed by atoms with E-state index in [-0.39, 0.29) is 11.0 Å². The average molecular weight is 349 g/mol. The summed E-state index contributed by atoms with van der Waals surface area (Å²) in [5.41, 5.74) is 7.73. The SMILES string of the molecule is CC=C(CCCCSC(=N)N)c1ccc(-c2ccc(F)cc2)s1. The van der Waals surface area contributed by atoms with E-state index in [0.717, 1.165) is 35.5 Å². The summed E-state index contributed by atoms with van der Waals surface area (Å²) in [6.07, 6.45) is 5.33. The smallest absolute Gasteiger partial charge is 0.151 e. The monoisotopic (exact) mass is 348 g/mol. The van der Waals surface area contributed by atoms with E-state index in [0.29, 0.717) is 0 Å². The molecular formula is C18H21FN2S2. The van der Waals surface area contributed by atoms with E-state index in [4.69, 9.17) is 11.1 Å². The number of rotatable bonds is 7. The van der Waals surface area contributed by atoms with Gasteiger partial charge in [-0.25, -0.2) is 4.39 Å². The fraction of sp³-hybridized carbons (Fsp3) is 0.278. The van der Waals surface area contributed by atoms with Crippen LogP contribution in [0.3, 0.4) is 0 Å². The van der Waals surface area contributed by atoms with Gasteiger partial charge in [-0.15, -0.1) is 11.3 Å². The number of benzene rings is 1. The summed E-state index contributed by atoms with van der Waals surface area (Å²) in [6.45, 7) is 2.07. The predicted octanol–water partition coefficient (Wildman–Crippen LogP) is 5.75. The Hall–Kier alpha value is -1.59. The van der Waals surface area contributed by atoms with Crippen LogP contribution in [0.2, 0.25) is 0 Å². The standard InChI is InChI=1S/C18H21FN2S2/c1-2-13(5-3-4-12-22-18(20)21)16-10-11-17(23-16)14-6-8-15(19)9-7-14/h2,6-11H,3-5,12H2,1H3,(H3,20,21). The molecule has 2 nitrogen and oxygen atoms in total. The van der Waals surface area contributed by atoms with Gasteiger partial charge in [-0.3, -0.25) is 5.41 Å². The molecule has 0 fully saturated rings. The Morgan fingerprint density at radius 3 is 2.61 bits per heavy atom. The minimum absolute atomic E-state index is 0.193. The van der Waals surface area contributed by atoms with Gasteiger partial charge in [0.05, 0.1) is 0 Å².